The van der Waals surface area contributed by atoms with Gasteiger partial charge in [-0.1, -0.05) is 19.9 Å². The number of rotatable bonds is 2. The molecule has 1 spiro atoms. The van der Waals surface area contributed by atoms with Crippen LogP contribution in [0, 0.1) is 16.5 Å². The Morgan fingerprint density at radius 1 is 1.21 bits per heavy atom. The Balaban J connectivity index is 1.62. The molecule has 184 valence electrons. The van der Waals surface area contributed by atoms with Crippen molar-refractivity contribution in [3.63, 3.8) is 0 Å². The zero-order chi connectivity index (χ0) is 24.4. The summed E-state index contributed by atoms with van der Waals surface area (Å²) in [5.74, 6) is 0.283. The van der Waals surface area contributed by atoms with Crippen LogP contribution in [0.2, 0.25) is 0 Å². The maximum atomic E-state index is 14.7. The number of Topliss-reactive ketones (excluding diaryl/α,β-unsaturated/α-hetero) is 1. The predicted octanol–water partition coefficient (Wildman–Crippen LogP) is 2.07. The fourth-order valence-electron chi connectivity index (χ4n) is 8.72. The second kappa shape index (κ2) is 6.60. The van der Waals surface area contributed by atoms with Gasteiger partial charge in [0.15, 0.2) is 5.78 Å². The van der Waals surface area contributed by atoms with Crippen LogP contribution < -0.4 is 14.9 Å². The van der Waals surface area contributed by atoms with E-state index < -0.39 is 27.1 Å². The van der Waals surface area contributed by atoms with E-state index in [1.54, 1.807) is 13.2 Å². The van der Waals surface area contributed by atoms with Crippen LogP contribution in [0.15, 0.2) is 12.1 Å². The molecule has 3 fully saturated rings. The number of quaternary nitrogens is 1. The Kier molecular flexibility index (Phi) is 4.36. The largest absolute Gasteiger partial charge is 0.600 e. The molecule has 4 heterocycles. The molecule has 5 aliphatic rings. The quantitative estimate of drug-likeness (QED) is 0.644. The number of ketones is 1. The van der Waals surface area contributed by atoms with Gasteiger partial charge >= 0.3 is 0 Å². The molecule has 5 atom stereocenters. The number of methoxy groups -OCH3 is 1. The van der Waals surface area contributed by atoms with Crippen LogP contribution in [-0.2, 0) is 10.2 Å². The smallest absolute Gasteiger partial charge is 0.239 e. The van der Waals surface area contributed by atoms with Gasteiger partial charge in [0, 0.05) is 30.3 Å². The second-order valence-electron chi connectivity index (χ2n) is 12.4. The van der Waals surface area contributed by atoms with Crippen molar-refractivity contribution >= 4 is 17.4 Å². The monoisotopic (exact) mass is 469 g/mol. The van der Waals surface area contributed by atoms with E-state index in [1.807, 2.05) is 24.8 Å². The van der Waals surface area contributed by atoms with Crippen molar-refractivity contribution in [3.05, 3.63) is 28.5 Å². The molecular weight excluding hydrogens is 434 g/mol. The molecule has 0 aromatic heterocycles. The zero-order valence-corrected chi connectivity index (χ0v) is 20.7. The molecule has 0 radical (unpaired) electrons. The lowest BCUT2D eigenvalue weighted by atomic mass is 9.60. The lowest BCUT2D eigenvalue weighted by molar-refractivity contribution is -1.09. The maximum Gasteiger partial charge on any atom is 0.239 e. The van der Waals surface area contributed by atoms with E-state index in [-0.39, 0.29) is 30.4 Å². The molecule has 8 nitrogen and oxygen atoms in total. The SMILES string of the molecule is COc1ccc2c3c1C(=O)CC(C)(C)N3C(=O)C21CC2([NH+]([O-])O)CN3CCCC3CC2C1(C)C. The Labute approximate surface area is 200 Å². The number of piperidine rings is 1. The van der Waals surface area contributed by atoms with Gasteiger partial charge in [-0.05, 0) is 56.7 Å². The molecule has 1 saturated carbocycles. The van der Waals surface area contributed by atoms with Crippen molar-refractivity contribution in [2.45, 2.75) is 82.3 Å². The van der Waals surface area contributed by atoms with Gasteiger partial charge in [-0.15, -0.1) is 0 Å². The Morgan fingerprint density at radius 3 is 2.62 bits per heavy atom. The van der Waals surface area contributed by atoms with Crippen LogP contribution in [0.1, 0.15) is 75.7 Å². The third kappa shape index (κ3) is 2.33. The molecule has 2 N–H and O–H groups in total. The number of benzene rings is 1. The lowest BCUT2D eigenvalue weighted by Gasteiger charge is -2.50. The van der Waals surface area contributed by atoms with Crippen LogP contribution in [0.25, 0.3) is 0 Å². The van der Waals surface area contributed by atoms with E-state index in [0.717, 1.165) is 31.4 Å². The first-order chi connectivity index (χ1) is 15.9. The summed E-state index contributed by atoms with van der Waals surface area (Å²) >= 11 is 0. The number of nitrogens with zero attached hydrogens (tertiary/aromatic N) is 2. The Bertz CT molecular complexity index is 1110. The molecule has 2 saturated heterocycles. The number of nitrogens with one attached hydrogen (secondary N) is 1. The van der Waals surface area contributed by atoms with Crippen LogP contribution in [0.5, 0.6) is 5.75 Å². The minimum Gasteiger partial charge on any atom is -0.600 e. The fourth-order valence-corrected chi connectivity index (χ4v) is 8.72. The molecule has 1 aromatic rings. The summed E-state index contributed by atoms with van der Waals surface area (Å²) in [5.41, 5.74) is -1.32. The van der Waals surface area contributed by atoms with Gasteiger partial charge in [0.2, 0.25) is 5.91 Å². The number of ether oxygens (including phenoxy) is 1. The van der Waals surface area contributed by atoms with Gasteiger partial charge in [-0.3, -0.25) is 14.5 Å². The Hall–Kier alpha value is -2.00. The molecule has 1 aromatic carbocycles. The van der Waals surface area contributed by atoms with Crippen molar-refractivity contribution < 1.29 is 24.8 Å². The lowest BCUT2D eigenvalue weighted by Crippen LogP contribution is -3.16. The van der Waals surface area contributed by atoms with Crippen LogP contribution in [0.3, 0.4) is 0 Å². The second-order valence-corrected chi connectivity index (χ2v) is 12.4. The van der Waals surface area contributed by atoms with Gasteiger partial charge in [0.05, 0.1) is 30.3 Å². The first-order valence-corrected chi connectivity index (χ1v) is 12.5. The molecule has 4 aliphatic heterocycles. The van der Waals surface area contributed by atoms with Gasteiger partial charge in [0.25, 0.3) is 0 Å². The zero-order valence-electron chi connectivity index (χ0n) is 20.7. The summed E-state index contributed by atoms with van der Waals surface area (Å²) in [6, 6.07) is 4.12. The van der Waals surface area contributed by atoms with Crippen molar-refractivity contribution in [1.82, 2.24) is 4.90 Å². The molecule has 6 rings (SSSR count). The van der Waals surface area contributed by atoms with E-state index in [9.17, 15) is 20.0 Å². The van der Waals surface area contributed by atoms with Gasteiger partial charge in [0.1, 0.15) is 11.3 Å². The highest BCUT2D eigenvalue weighted by Crippen LogP contribution is 2.69. The third-order valence-electron chi connectivity index (χ3n) is 10.2. The summed E-state index contributed by atoms with van der Waals surface area (Å²) in [6.07, 6.45) is 3.48. The highest BCUT2D eigenvalue weighted by molar-refractivity contribution is 6.19. The first-order valence-electron chi connectivity index (χ1n) is 12.5. The number of anilines is 1. The number of carbonyl (C=O) groups excluding carboxylic acids is 2. The molecule has 5 unspecified atom stereocenters. The van der Waals surface area contributed by atoms with E-state index in [4.69, 9.17) is 4.74 Å². The predicted molar refractivity (Wildman–Crippen MR) is 125 cm³/mol. The molecule has 34 heavy (non-hydrogen) atoms. The van der Waals surface area contributed by atoms with E-state index in [0.29, 0.717) is 29.6 Å². The number of hydrogen-bond donors (Lipinski definition) is 2. The van der Waals surface area contributed by atoms with E-state index >= 15 is 0 Å². The third-order valence-corrected chi connectivity index (χ3v) is 10.2. The first kappa shape index (κ1) is 22.5. The summed E-state index contributed by atoms with van der Waals surface area (Å²) in [4.78, 5) is 32.1. The van der Waals surface area contributed by atoms with Crippen molar-refractivity contribution in [2.75, 3.05) is 25.1 Å². The van der Waals surface area contributed by atoms with Crippen molar-refractivity contribution in [3.8, 4) is 5.75 Å². The average Bonchev–Trinajstić information content (AvgIpc) is 3.37. The number of hydroxylamine groups is 2. The fraction of sp³-hybridized carbons (Fsp3) is 0.692. The number of fused-ring (bicyclic) bond motifs is 3. The normalized spacial score (nSPS) is 38.1. The van der Waals surface area contributed by atoms with Gasteiger partial charge < -0.3 is 14.8 Å². The molecule has 1 aliphatic carbocycles. The van der Waals surface area contributed by atoms with Gasteiger partial charge in [-0.25, -0.2) is 10.4 Å². The van der Waals surface area contributed by atoms with Crippen molar-refractivity contribution in [1.29, 1.82) is 0 Å². The van der Waals surface area contributed by atoms with Crippen molar-refractivity contribution in [2.24, 2.45) is 11.3 Å². The molecule has 1 amide bonds. The molecule has 8 heteroatoms. The number of carbonyl (C=O) groups is 2. The number of hydrogen-bond acceptors (Lipinski definition) is 6. The molecule has 0 bridgehead atoms. The van der Waals surface area contributed by atoms with Gasteiger partial charge in [-0.2, -0.15) is 0 Å². The van der Waals surface area contributed by atoms with Crippen LogP contribution in [-0.4, -0.2) is 59.1 Å². The summed E-state index contributed by atoms with van der Waals surface area (Å²) in [5, 5.41) is 23.0. The highest BCUT2D eigenvalue weighted by Gasteiger charge is 2.77. The maximum absolute atomic E-state index is 14.7. The summed E-state index contributed by atoms with van der Waals surface area (Å²) in [7, 11) is 1.54. The standard InChI is InChI=1S/C26H35N3O5/c1-23(2)12-17(30)20-18(34-5)9-8-16-21(20)28(23)22(31)26(16)13-25(29(32)33)14-27-10-6-7-15(27)11-19(25)24(26,3)4/h8-9,15,19,29,32H,6-7,10-14H2,1-5H3. The van der Waals surface area contributed by atoms with Crippen LogP contribution in [0.4, 0.5) is 5.69 Å². The minimum atomic E-state index is -0.992. The van der Waals surface area contributed by atoms with E-state index in [1.165, 1.54) is 0 Å². The summed E-state index contributed by atoms with van der Waals surface area (Å²) in [6.45, 7) is 9.51. The van der Waals surface area contributed by atoms with Crippen LogP contribution >= 0.6 is 0 Å². The minimum absolute atomic E-state index is 0.0263. The molecular formula is C26H35N3O5. The number of amides is 1. The Morgan fingerprint density at radius 2 is 1.94 bits per heavy atom. The topological polar surface area (TPSA) is 97.6 Å². The average molecular weight is 470 g/mol. The summed E-state index contributed by atoms with van der Waals surface area (Å²) < 4.78 is 5.56. The highest BCUT2D eigenvalue weighted by atomic mass is 16.8. The van der Waals surface area contributed by atoms with E-state index in [2.05, 4.69) is 18.7 Å².